The smallest absolute Gasteiger partial charge is 0.338 e. The molecule has 3 rings (SSSR count). The van der Waals surface area contributed by atoms with E-state index in [4.69, 9.17) is 9.47 Å². The van der Waals surface area contributed by atoms with Crippen LogP contribution in [0.15, 0.2) is 48.5 Å². The second-order valence-electron chi connectivity index (χ2n) is 7.20. The van der Waals surface area contributed by atoms with Gasteiger partial charge in [-0.3, -0.25) is 9.69 Å². The standard InChI is InChI=1S/C23H26INO4/c1-4-29-23(27)20-15(2)9-8-12-17(20)18-13-25(14-19(18)22(26)28-3)21(24)16-10-6-5-7-11-16/h5-12,18-19,21H,4,13-14H2,1-3H3. The van der Waals surface area contributed by atoms with Gasteiger partial charge in [0.1, 0.15) is 0 Å². The molecule has 0 N–H and O–H groups in total. The zero-order valence-electron chi connectivity index (χ0n) is 16.9. The Hall–Kier alpha value is -1.93. The Morgan fingerprint density at radius 1 is 1.14 bits per heavy atom. The summed E-state index contributed by atoms with van der Waals surface area (Å²) in [7, 11) is 1.42. The normalized spacial score (nSPS) is 20.3. The van der Waals surface area contributed by atoms with E-state index in [-0.39, 0.29) is 27.8 Å². The molecular formula is C23H26INO4. The number of rotatable bonds is 6. The van der Waals surface area contributed by atoms with Gasteiger partial charge in [0.2, 0.25) is 0 Å². The minimum absolute atomic E-state index is 0.127. The number of nitrogens with zero attached hydrogens (tertiary/aromatic N) is 1. The molecule has 1 saturated heterocycles. The molecule has 0 aliphatic carbocycles. The highest BCUT2D eigenvalue weighted by molar-refractivity contribution is 14.1. The van der Waals surface area contributed by atoms with E-state index in [0.717, 1.165) is 11.1 Å². The van der Waals surface area contributed by atoms with Crippen molar-refractivity contribution in [2.24, 2.45) is 5.92 Å². The number of carbonyl (C=O) groups is 2. The van der Waals surface area contributed by atoms with Crippen LogP contribution >= 0.6 is 22.6 Å². The first kappa shape index (κ1) is 21.8. The molecule has 0 saturated carbocycles. The van der Waals surface area contributed by atoms with Crippen LogP contribution in [0.25, 0.3) is 0 Å². The number of halogens is 1. The molecule has 0 spiro atoms. The molecule has 1 aliphatic rings. The molecule has 154 valence electrons. The van der Waals surface area contributed by atoms with Crippen molar-refractivity contribution in [1.29, 1.82) is 0 Å². The lowest BCUT2D eigenvalue weighted by Gasteiger charge is -2.23. The highest BCUT2D eigenvalue weighted by Crippen LogP contribution is 2.41. The molecule has 0 bridgehead atoms. The Labute approximate surface area is 185 Å². The third-order valence-electron chi connectivity index (χ3n) is 5.43. The molecule has 29 heavy (non-hydrogen) atoms. The number of benzene rings is 2. The number of esters is 2. The van der Waals surface area contributed by atoms with Crippen LogP contribution in [-0.4, -0.2) is 43.6 Å². The van der Waals surface area contributed by atoms with Gasteiger partial charge in [-0.1, -0.05) is 71.1 Å². The molecule has 2 aromatic rings. The maximum absolute atomic E-state index is 12.7. The van der Waals surface area contributed by atoms with Crippen LogP contribution in [-0.2, 0) is 14.3 Å². The Bertz CT molecular complexity index is 870. The zero-order chi connectivity index (χ0) is 21.0. The van der Waals surface area contributed by atoms with E-state index in [2.05, 4.69) is 39.6 Å². The average molecular weight is 507 g/mol. The van der Waals surface area contributed by atoms with E-state index < -0.39 is 0 Å². The lowest BCUT2D eigenvalue weighted by atomic mass is 9.84. The molecule has 1 heterocycles. The van der Waals surface area contributed by atoms with E-state index in [1.54, 1.807) is 6.92 Å². The van der Waals surface area contributed by atoms with Gasteiger partial charge in [-0.2, -0.15) is 0 Å². The van der Waals surface area contributed by atoms with E-state index in [9.17, 15) is 9.59 Å². The number of aryl methyl sites for hydroxylation is 1. The van der Waals surface area contributed by atoms with Crippen LogP contribution in [0.4, 0.5) is 0 Å². The van der Waals surface area contributed by atoms with Crippen molar-refractivity contribution < 1.29 is 19.1 Å². The van der Waals surface area contributed by atoms with Gasteiger partial charge in [-0.15, -0.1) is 0 Å². The second kappa shape index (κ2) is 9.71. The molecule has 1 aliphatic heterocycles. The van der Waals surface area contributed by atoms with Crippen molar-refractivity contribution in [3.63, 3.8) is 0 Å². The van der Waals surface area contributed by atoms with Gasteiger partial charge in [-0.25, -0.2) is 4.79 Å². The van der Waals surface area contributed by atoms with E-state index in [1.807, 2.05) is 43.3 Å². The summed E-state index contributed by atoms with van der Waals surface area (Å²) in [5, 5.41) is 0. The molecule has 3 atom stereocenters. The lowest BCUT2D eigenvalue weighted by molar-refractivity contribution is -0.145. The minimum Gasteiger partial charge on any atom is -0.469 e. The van der Waals surface area contributed by atoms with Crippen molar-refractivity contribution in [3.8, 4) is 0 Å². The topological polar surface area (TPSA) is 55.8 Å². The van der Waals surface area contributed by atoms with Crippen LogP contribution in [0.2, 0.25) is 0 Å². The summed E-state index contributed by atoms with van der Waals surface area (Å²) < 4.78 is 10.5. The van der Waals surface area contributed by atoms with Gasteiger partial charge in [0.15, 0.2) is 0 Å². The maximum Gasteiger partial charge on any atom is 0.338 e. The predicted octanol–water partition coefficient (Wildman–Crippen LogP) is 4.49. The number of hydrogen-bond acceptors (Lipinski definition) is 5. The molecule has 1 fully saturated rings. The third kappa shape index (κ3) is 4.64. The predicted molar refractivity (Wildman–Crippen MR) is 120 cm³/mol. The summed E-state index contributed by atoms with van der Waals surface area (Å²) in [5.74, 6) is -1.05. The summed E-state index contributed by atoms with van der Waals surface area (Å²) in [4.78, 5) is 27.6. The third-order valence-corrected chi connectivity index (χ3v) is 6.94. The van der Waals surface area contributed by atoms with Crippen molar-refractivity contribution in [3.05, 3.63) is 70.8 Å². The first-order valence-corrected chi connectivity index (χ1v) is 11.0. The lowest BCUT2D eigenvalue weighted by Crippen LogP contribution is -2.26. The van der Waals surface area contributed by atoms with Crippen LogP contribution in [0.1, 0.15) is 43.9 Å². The van der Waals surface area contributed by atoms with Crippen LogP contribution in [0, 0.1) is 12.8 Å². The van der Waals surface area contributed by atoms with Gasteiger partial charge in [0, 0.05) is 19.0 Å². The minimum atomic E-state index is -0.337. The molecule has 0 aromatic heterocycles. The Balaban J connectivity index is 1.98. The van der Waals surface area contributed by atoms with Crippen molar-refractivity contribution in [2.75, 3.05) is 26.8 Å². The Kier molecular flexibility index (Phi) is 7.29. The summed E-state index contributed by atoms with van der Waals surface area (Å²) in [6.45, 7) is 5.26. The van der Waals surface area contributed by atoms with E-state index in [0.29, 0.717) is 25.3 Å². The SMILES string of the molecule is CCOC(=O)c1c(C)cccc1C1CN(C(I)c2ccccc2)CC1C(=O)OC. The number of methoxy groups -OCH3 is 1. The largest absolute Gasteiger partial charge is 0.469 e. The molecule has 5 nitrogen and oxygen atoms in total. The monoisotopic (exact) mass is 507 g/mol. The second-order valence-corrected chi connectivity index (χ2v) is 8.38. The molecule has 6 heteroatoms. The number of alkyl halides is 1. The fraction of sp³-hybridized carbons (Fsp3) is 0.391. The van der Waals surface area contributed by atoms with Gasteiger partial charge in [-0.05, 0) is 30.5 Å². The first-order chi connectivity index (χ1) is 14.0. The van der Waals surface area contributed by atoms with E-state index in [1.165, 1.54) is 12.7 Å². The quantitative estimate of drug-likeness (QED) is 0.250. The average Bonchev–Trinajstić information content (AvgIpc) is 3.18. The van der Waals surface area contributed by atoms with E-state index >= 15 is 0 Å². The fourth-order valence-electron chi connectivity index (χ4n) is 4.03. The van der Waals surface area contributed by atoms with Crippen LogP contribution in [0.5, 0.6) is 0 Å². The van der Waals surface area contributed by atoms with Crippen LogP contribution < -0.4 is 0 Å². The maximum atomic E-state index is 12.7. The highest BCUT2D eigenvalue weighted by atomic mass is 127. The number of carbonyl (C=O) groups excluding carboxylic acids is 2. The Morgan fingerprint density at radius 3 is 2.52 bits per heavy atom. The number of ether oxygens (including phenoxy) is 2. The number of likely N-dealkylation sites (tertiary alicyclic amines) is 1. The van der Waals surface area contributed by atoms with Gasteiger partial charge in [0.05, 0.1) is 29.2 Å². The number of hydrogen-bond donors (Lipinski definition) is 0. The Morgan fingerprint density at radius 2 is 1.86 bits per heavy atom. The van der Waals surface area contributed by atoms with Gasteiger partial charge < -0.3 is 9.47 Å². The highest BCUT2D eigenvalue weighted by Gasteiger charge is 2.43. The summed E-state index contributed by atoms with van der Waals surface area (Å²) in [5.41, 5.74) is 3.47. The van der Waals surface area contributed by atoms with Gasteiger partial charge in [0.25, 0.3) is 0 Å². The fourth-order valence-corrected chi connectivity index (χ4v) is 4.90. The van der Waals surface area contributed by atoms with Crippen molar-refractivity contribution in [2.45, 2.75) is 23.8 Å². The molecule has 0 amide bonds. The van der Waals surface area contributed by atoms with Gasteiger partial charge >= 0.3 is 11.9 Å². The zero-order valence-corrected chi connectivity index (χ0v) is 19.1. The molecule has 0 radical (unpaired) electrons. The molecule has 2 aromatic carbocycles. The summed E-state index contributed by atoms with van der Waals surface area (Å²) in [6.07, 6.45) is 0. The first-order valence-electron chi connectivity index (χ1n) is 9.75. The summed E-state index contributed by atoms with van der Waals surface area (Å²) >= 11 is 2.41. The van der Waals surface area contributed by atoms with Crippen molar-refractivity contribution >= 4 is 34.5 Å². The summed E-state index contributed by atoms with van der Waals surface area (Å²) in [6, 6.07) is 16.0. The molecular weight excluding hydrogens is 481 g/mol. The van der Waals surface area contributed by atoms with Crippen LogP contribution in [0.3, 0.4) is 0 Å². The molecule has 3 unspecified atom stereocenters. The van der Waals surface area contributed by atoms with Crippen molar-refractivity contribution in [1.82, 2.24) is 4.90 Å².